The molecule has 2 N–H and O–H groups in total. The molecule has 2 unspecified atom stereocenters. The summed E-state index contributed by atoms with van der Waals surface area (Å²) in [4.78, 5) is 2.40. The lowest BCUT2D eigenvalue weighted by molar-refractivity contribution is -0.0280. The van der Waals surface area contributed by atoms with Gasteiger partial charge in [-0.15, -0.1) is 0 Å². The third-order valence-corrected chi connectivity index (χ3v) is 3.99. The first-order valence-corrected chi connectivity index (χ1v) is 6.39. The SMILES string of the molecule is CNC(C)C(C)(C)CN1CCCC(C)(O)C1. The molecule has 2 atom stereocenters. The van der Waals surface area contributed by atoms with Crippen LogP contribution in [0.25, 0.3) is 0 Å². The van der Waals surface area contributed by atoms with Crippen molar-refractivity contribution in [2.75, 3.05) is 26.7 Å². The van der Waals surface area contributed by atoms with E-state index in [1.54, 1.807) is 0 Å². The van der Waals surface area contributed by atoms with Crippen LogP contribution in [0.2, 0.25) is 0 Å². The highest BCUT2D eigenvalue weighted by Gasteiger charge is 2.33. The highest BCUT2D eigenvalue weighted by molar-refractivity contribution is 4.88. The van der Waals surface area contributed by atoms with Crippen LogP contribution in [-0.4, -0.2) is 48.3 Å². The van der Waals surface area contributed by atoms with Crippen LogP contribution >= 0.6 is 0 Å². The van der Waals surface area contributed by atoms with Gasteiger partial charge in [-0.25, -0.2) is 0 Å². The van der Waals surface area contributed by atoms with Gasteiger partial charge in [0.1, 0.15) is 0 Å². The Labute approximate surface area is 100 Å². The molecule has 0 spiro atoms. The standard InChI is InChI=1S/C13H28N2O/c1-11(14-5)12(2,3)9-15-8-6-7-13(4,16)10-15/h11,14,16H,6-10H2,1-5H3. The van der Waals surface area contributed by atoms with Crippen molar-refractivity contribution in [2.45, 2.75) is 52.2 Å². The summed E-state index contributed by atoms with van der Waals surface area (Å²) in [6.07, 6.45) is 2.04. The third-order valence-electron chi connectivity index (χ3n) is 3.99. The minimum atomic E-state index is -0.489. The second-order valence-corrected chi connectivity index (χ2v) is 6.31. The van der Waals surface area contributed by atoms with Crippen molar-refractivity contribution >= 4 is 0 Å². The molecule has 96 valence electrons. The maximum Gasteiger partial charge on any atom is 0.0746 e. The molecule has 1 saturated heterocycles. The number of hydrogen-bond donors (Lipinski definition) is 2. The highest BCUT2D eigenvalue weighted by Crippen LogP contribution is 2.26. The second kappa shape index (κ2) is 5.03. The van der Waals surface area contributed by atoms with Crippen molar-refractivity contribution < 1.29 is 5.11 Å². The zero-order valence-electron chi connectivity index (χ0n) is 11.5. The molecular weight excluding hydrogens is 200 g/mol. The molecule has 1 aliphatic rings. The summed E-state index contributed by atoms with van der Waals surface area (Å²) in [7, 11) is 2.01. The maximum atomic E-state index is 10.1. The molecular formula is C13H28N2O. The van der Waals surface area contributed by atoms with Crippen LogP contribution < -0.4 is 5.32 Å². The fourth-order valence-electron chi connectivity index (χ4n) is 2.56. The molecule has 0 saturated carbocycles. The van der Waals surface area contributed by atoms with E-state index in [1.165, 1.54) is 0 Å². The average molecular weight is 228 g/mol. The van der Waals surface area contributed by atoms with E-state index in [-0.39, 0.29) is 5.41 Å². The molecule has 1 heterocycles. The fourth-order valence-corrected chi connectivity index (χ4v) is 2.56. The molecule has 0 aromatic heterocycles. The molecule has 3 heteroatoms. The van der Waals surface area contributed by atoms with E-state index >= 15 is 0 Å². The minimum Gasteiger partial charge on any atom is -0.389 e. The van der Waals surface area contributed by atoms with Crippen LogP contribution in [0.5, 0.6) is 0 Å². The summed E-state index contributed by atoms with van der Waals surface area (Å²) in [6, 6.07) is 0.486. The van der Waals surface area contributed by atoms with Gasteiger partial charge in [-0.3, -0.25) is 4.90 Å². The summed E-state index contributed by atoms with van der Waals surface area (Å²) in [6.45, 7) is 11.7. The van der Waals surface area contributed by atoms with Gasteiger partial charge in [0.2, 0.25) is 0 Å². The van der Waals surface area contributed by atoms with Crippen molar-refractivity contribution in [1.82, 2.24) is 10.2 Å². The predicted molar refractivity (Wildman–Crippen MR) is 68.6 cm³/mol. The van der Waals surface area contributed by atoms with Crippen molar-refractivity contribution in [3.05, 3.63) is 0 Å². The van der Waals surface area contributed by atoms with Crippen LogP contribution in [0.4, 0.5) is 0 Å². The van der Waals surface area contributed by atoms with Crippen LogP contribution in [0.3, 0.4) is 0 Å². The fraction of sp³-hybridized carbons (Fsp3) is 1.00. The molecule has 0 radical (unpaired) electrons. The Kier molecular flexibility index (Phi) is 4.38. The van der Waals surface area contributed by atoms with Gasteiger partial charge >= 0.3 is 0 Å². The Bertz CT molecular complexity index is 226. The third kappa shape index (κ3) is 3.72. The van der Waals surface area contributed by atoms with E-state index in [4.69, 9.17) is 0 Å². The number of piperidine rings is 1. The van der Waals surface area contributed by atoms with Gasteiger partial charge in [0.05, 0.1) is 5.60 Å². The van der Waals surface area contributed by atoms with Gasteiger partial charge in [0.25, 0.3) is 0 Å². The first-order valence-electron chi connectivity index (χ1n) is 6.39. The number of hydrogen-bond acceptors (Lipinski definition) is 3. The first kappa shape index (κ1) is 13.9. The van der Waals surface area contributed by atoms with E-state index in [0.717, 1.165) is 32.5 Å². The number of likely N-dealkylation sites (tertiary alicyclic amines) is 1. The van der Waals surface area contributed by atoms with Gasteiger partial charge in [-0.2, -0.15) is 0 Å². The largest absolute Gasteiger partial charge is 0.389 e. The lowest BCUT2D eigenvalue weighted by atomic mass is 9.83. The Morgan fingerprint density at radius 3 is 2.62 bits per heavy atom. The van der Waals surface area contributed by atoms with Crippen LogP contribution in [0, 0.1) is 5.41 Å². The van der Waals surface area contributed by atoms with Crippen molar-refractivity contribution in [2.24, 2.45) is 5.41 Å². The van der Waals surface area contributed by atoms with E-state index in [0.29, 0.717) is 6.04 Å². The monoisotopic (exact) mass is 228 g/mol. The molecule has 1 rings (SSSR count). The zero-order chi connectivity index (χ0) is 12.4. The number of aliphatic hydroxyl groups is 1. The van der Waals surface area contributed by atoms with Gasteiger partial charge in [-0.05, 0) is 45.7 Å². The molecule has 0 bridgehead atoms. The Hall–Kier alpha value is -0.120. The molecule has 0 aliphatic carbocycles. The number of rotatable bonds is 4. The van der Waals surface area contributed by atoms with Crippen molar-refractivity contribution in [3.8, 4) is 0 Å². The van der Waals surface area contributed by atoms with Crippen LogP contribution in [-0.2, 0) is 0 Å². The quantitative estimate of drug-likeness (QED) is 0.765. The molecule has 1 fully saturated rings. The minimum absolute atomic E-state index is 0.238. The molecule has 16 heavy (non-hydrogen) atoms. The summed E-state index contributed by atoms with van der Waals surface area (Å²) in [5.41, 5.74) is -0.251. The van der Waals surface area contributed by atoms with E-state index < -0.39 is 5.60 Å². The zero-order valence-corrected chi connectivity index (χ0v) is 11.5. The second-order valence-electron chi connectivity index (χ2n) is 6.31. The maximum absolute atomic E-state index is 10.1. The Balaban J connectivity index is 2.53. The van der Waals surface area contributed by atoms with Gasteiger partial charge in [0.15, 0.2) is 0 Å². The summed E-state index contributed by atoms with van der Waals surface area (Å²) in [5.74, 6) is 0. The number of nitrogens with one attached hydrogen (secondary N) is 1. The van der Waals surface area contributed by atoms with Gasteiger partial charge < -0.3 is 10.4 Å². The molecule has 3 nitrogen and oxygen atoms in total. The predicted octanol–water partition coefficient (Wildman–Crippen LogP) is 1.47. The molecule has 0 amide bonds. The Morgan fingerprint density at radius 1 is 1.50 bits per heavy atom. The lowest BCUT2D eigenvalue weighted by Gasteiger charge is -2.42. The number of nitrogens with zero attached hydrogens (tertiary/aromatic N) is 1. The highest BCUT2D eigenvalue weighted by atomic mass is 16.3. The normalized spacial score (nSPS) is 30.4. The average Bonchev–Trinajstić information content (AvgIpc) is 2.14. The molecule has 0 aromatic rings. The van der Waals surface area contributed by atoms with Crippen LogP contribution in [0.15, 0.2) is 0 Å². The van der Waals surface area contributed by atoms with Gasteiger partial charge in [-0.1, -0.05) is 13.8 Å². The van der Waals surface area contributed by atoms with Crippen molar-refractivity contribution in [3.63, 3.8) is 0 Å². The molecule has 0 aromatic carbocycles. The number of β-amino-alcohol motifs (C(OH)–C–C–N with tert-alkyl or cyclic N) is 1. The smallest absolute Gasteiger partial charge is 0.0746 e. The van der Waals surface area contributed by atoms with E-state index in [1.807, 2.05) is 14.0 Å². The topological polar surface area (TPSA) is 35.5 Å². The lowest BCUT2D eigenvalue weighted by Crippen LogP contribution is -2.52. The van der Waals surface area contributed by atoms with E-state index in [9.17, 15) is 5.11 Å². The first-order chi connectivity index (χ1) is 7.27. The van der Waals surface area contributed by atoms with E-state index in [2.05, 4.69) is 31.0 Å². The van der Waals surface area contributed by atoms with Crippen molar-refractivity contribution in [1.29, 1.82) is 0 Å². The van der Waals surface area contributed by atoms with Gasteiger partial charge in [0, 0.05) is 19.1 Å². The summed E-state index contributed by atoms with van der Waals surface area (Å²) < 4.78 is 0. The van der Waals surface area contributed by atoms with Crippen LogP contribution in [0.1, 0.15) is 40.5 Å². The summed E-state index contributed by atoms with van der Waals surface area (Å²) in [5, 5.41) is 13.4. The summed E-state index contributed by atoms with van der Waals surface area (Å²) >= 11 is 0. The Morgan fingerprint density at radius 2 is 2.12 bits per heavy atom. The molecule has 1 aliphatic heterocycles.